The van der Waals surface area contributed by atoms with Crippen molar-refractivity contribution in [3.05, 3.63) is 47.5 Å². The normalized spacial score (nSPS) is 16.0. The zero-order valence-corrected chi connectivity index (χ0v) is 17.5. The number of halogens is 2. The molecule has 0 N–H and O–H groups in total. The van der Waals surface area contributed by atoms with Gasteiger partial charge in [0.2, 0.25) is 0 Å². The van der Waals surface area contributed by atoms with Gasteiger partial charge in [-0.25, -0.2) is 9.07 Å². The van der Waals surface area contributed by atoms with Gasteiger partial charge in [0, 0.05) is 50.1 Å². The number of nitrogens with zero attached hydrogens (tertiary/aromatic N) is 4. The maximum Gasteiger partial charge on any atom is 0.155 e. The van der Waals surface area contributed by atoms with Crippen molar-refractivity contribution in [3.63, 3.8) is 0 Å². The molecule has 2 heterocycles. The van der Waals surface area contributed by atoms with E-state index in [2.05, 4.69) is 21.8 Å². The Morgan fingerprint density at radius 3 is 2.61 bits per heavy atom. The maximum atomic E-state index is 6.45. The standard InChI is InChI=1S/C21H24Cl2N4O/c1-25-10-12-26(13-11-25)9-4-14-28-20-8-7-16(15-17(20)22)21-24-18-5-2-3-6-19(18)27(21)23/h2-3,5-8,15H,4,9-14H2,1H3. The van der Waals surface area contributed by atoms with Crippen LogP contribution in [0.15, 0.2) is 42.5 Å². The second-order valence-corrected chi connectivity index (χ2v) is 7.94. The monoisotopic (exact) mass is 418 g/mol. The summed E-state index contributed by atoms with van der Waals surface area (Å²) in [6, 6.07) is 13.5. The van der Waals surface area contributed by atoms with Crippen LogP contribution < -0.4 is 4.74 Å². The minimum absolute atomic E-state index is 0.570. The largest absolute Gasteiger partial charge is 0.492 e. The zero-order valence-electron chi connectivity index (χ0n) is 15.9. The Morgan fingerprint density at radius 1 is 1.07 bits per heavy atom. The molecule has 0 amide bonds. The molecule has 3 aromatic rings. The average molecular weight is 419 g/mol. The Kier molecular flexibility index (Phi) is 6.07. The average Bonchev–Trinajstić information content (AvgIpc) is 3.04. The van der Waals surface area contributed by atoms with Gasteiger partial charge in [-0.15, -0.1) is 0 Å². The molecule has 1 fully saturated rings. The smallest absolute Gasteiger partial charge is 0.155 e. The summed E-state index contributed by atoms with van der Waals surface area (Å²) >= 11 is 12.9. The SMILES string of the molecule is CN1CCN(CCCOc2ccc(-c3nc4ccccc4n3Cl)cc2Cl)CC1. The van der Waals surface area contributed by atoms with Crippen molar-refractivity contribution in [1.82, 2.24) is 18.9 Å². The highest BCUT2D eigenvalue weighted by Crippen LogP contribution is 2.32. The Labute approximate surface area is 175 Å². The summed E-state index contributed by atoms with van der Waals surface area (Å²) in [7, 11) is 2.17. The fraction of sp³-hybridized carbons (Fsp3) is 0.381. The van der Waals surface area contributed by atoms with E-state index in [-0.39, 0.29) is 0 Å². The predicted molar refractivity (Wildman–Crippen MR) is 115 cm³/mol. The molecule has 0 unspecified atom stereocenters. The molecule has 2 aromatic carbocycles. The number of ether oxygens (including phenoxy) is 1. The summed E-state index contributed by atoms with van der Waals surface area (Å²) in [6.45, 7) is 6.25. The molecule has 0 saturated carbocycles. The third kappa shape index (κ3) is 4.28. The summed E-state index contributed by atoms with van der Waals surface area (Å²) in [4.78, 5) is 9.46. The van der Waals surface area contributed by atoms with E-state index >= 15 is 0 Å². The Morgan fingerprint density at radius 2 is 1.86 bits per heavy atom. The second kappa shape index (κ2) is 8.70. The van der Waals surface area contributed by atoms with Gasteiger partial charge in [-0.1, -0.05) is 23.7 Å². The van der Waals surface area contributed by atoms with Crippen LogP contribution in [0.5, 0.6) is 5.75 Å². The van der Waals surface area contributed by atoms with Gasteiger partial charge in [-0.3, -0.25) is 0 Å². The fourth-order valence-corrected chi connectivity index (χ4v) is 3.99. The molecule has 0 atom stereocenters. The highest BCUT2D eigenvalue weighted by Gasteiger charge is 2.14. The van der Waals surface area contributed by atoms with E-state index in [9.17, 15) is 0 Å². The molecule has 1 aromatic heterocycles. The van der Waals surface area contributed by atoms with Gasteiger partial charge in [-0.05, 0) is 43.8 Å². The Hall–Kier alpha value is -1.79. The molecular weight excluding hydrogens is 395 g/mol. The third-order valence-corrected chi connectivity index (χ3v) is 5.81. The van der Waals surface area contributed by atoms with Crippen LogP contribution in [-0.4, -0.2) is 65.2 Å². The first-order valence-electron chi connectivity index (χ1n) is 9.59. The lowest BCUT2D eigenvalue weighted by Crippen LogP contribution is -2.44. The number of likely N-dealkylation sites (N-methyl/N-ethyl adjacent to an activating group) is 1. The summed E-state index contributed by atoms with van der Waals surface area (Å²) in [5.41, 5.74) is 2.59. The zero-order chi connectivity index (χ0) is 19.5. The topological polar surface area (TPSA) is 33.5 Å². The predicted octanol–water partition coefficient (Wildman–Crippen LogP) is 4.37. The number of para-hydroxylation sites is 2. The van der Waals surface area contributed by atoms with Gasteiger partial charge in [-0.2, -0.15) is 0 Å². The van der Waals surface area contributed by atoms with Crippen LogP contribution in [0.2, 0.25) is 5.02 Å². The van der Waals surface area contributed by atoms with Gasteiger partial charge in [0.05, 0.1) is 22.7 Å². The molecule has 28 heavy (non-hydrogen) atoms. The van der Waals surface area contributed by atoms with Gasteiger partial charge in [0.1, 0.15) is 5.75 Å². The summed E-state index contributed by atoms with van der Waals surface area (Å²) in [6.07, 6.45) is 0.985. The second-order valence-electron chi connectivity index (χ2n) is 7.20. The van der Waals surface area contributed by atoms with Crippen LogP contribution in [0.3, 0.4) is 0 Å². The molecule has 1 saturated heterocycles. The first kappa shape index (κ1) is 19.5. The first-order valence-corrected chi connectivity index (χ1v) is 10.3. The number of hydrogen-bond donors (Lipinski definition) is 0. The summed E-state index contributed by atoms with van der Waals surface area (Å²) in [5, 5.41) is 0.570. The first-order chi connectivity index (χ1) is 13.6. The van der Waals surface area contributed by atoms with Crippen molar-refractivity contribution in [3.8, 4) is 17.1 Å². The van der Waals surface area contributed by atoms with E-state index in [1.807, 2.05) is 42.5 Å². The van der Waals surface area contributed by atoms with E-state index in [0.717, 1.165) is 55.7 Å². The van der Waals surface area contributed by atoms with Crippen LogP contribution in [0.4, 0.5) is 0 Å². The Bertz CT molecular complexity index is 951. The number of rotatable bonds is 6. The minimum atomic E-state index is 0.570. The molecule has 1 aliphatic rings. The molecule has 148 valence electrons. The van der Waals surface area contributed by atoms with E-state index in [4.69, 9.17) is 28.1 Å². The van der Waals surface area contributed by atoms with Crippen molar-refractivity contribution in [2.75, 3.05) is 46.4 Å². The molecule has 5 nitrogen and oxygen atoms in total. The Balaban J connectivity index is 1.37. The van der Waals surface area contributed by atoms with Crippen LogP contribution in [0, 0.1) is 0 Å². The van der Waals surface area contributed by atoms with Crippen LogP contribution in [0.25, 0.3) is 22.4 Å². The molecule has 0 radical (unpaired) electrons. The molecule has 0 spiro atoms. The number of benzene rings is 2. The van der Waals surface area contributed by atoms with Crippen LogP contribution >= 0.6 is 23.4 Å². The molecule has 7 heteroatoms. The lowest BCUT2D eigenvalue weighted by Gasteiger charge is -2.32. The highest BCUT2D eigenvalue weighted by molar-refractivity contribution is 6.32. The van der Waals surface area contributed by atoms with E-state index in [1.165, 1.54) is 0 Å². The lowest BCUT2D eigenvalue weighted by molar-refractivity contribution is 0.145. The summed E-state index contributed by atoms with van der Waals surface area (Å²) < 4.78 is 7.47. The number of aromatic nitrogens is 2. The van der Waals surface area contributed by atoms with Gasteiger partial charge in [0.25, 0.3) is 0 Å². The van der Waals surface area contributed by atoms with Crippen molar-refractivity contribution in [2.45, 2.75) is 6.42 Å². The molecule has 1 aliphatic heterocycles. The highest BCUT2D eigenvalue weighted by atomic mass is 35.5. The quantitative estimate of drug-likeness (QED) is 0.556. The minimum Gasteiger partial charge on any atom is -0.492 e. The molecular formula is C21H24Cl2N4O. The number of fused-ring (bicyclic) bond motifs is 1. The number of hydrogen-bond acceptors (Lipinski definition) is 4. The summed E-state index contributed by atoms with van der Waals surface area (Å²) in [5.74, 6) is 1.37. The van der Waals surface area contributed by atoms with E-state index < -0.39 is 0 Å². The molecule has 0 aliphatic carbocycles. The lowest BCUT2D eigenvalue weighted by atomic mass is 10.2. The van der Waals surface area contributed by atoms with Gasteiger partial charge in [0.15, 0.2) is 5.82 Å². The number of imidazole rings is 1. The van der Waals surface area contributed by atoms with Crippen molar-refractivity contribution >= 4 is 34.4 Å². The van der Waals surface area contributed by atoms with Gasteiger partial charge >= 0.3 is 0 Å². The van der Waals surface area contributed by atoms with E-state index in [1.54, 1.807) is 4.09 Å². The fourth-order valence-electron chi connectivity index (χ4n) is 3.47. The maximum absolute atomic E-state index is 6.45. The molecule has 4 rings (SSSR count). The van der Waals surface area contributed by atoms with Crippen molar-refractivity contribution in [2.24, 2.45) is 0 Å². The van der Waals surface area contributed by atoms with Crippen molar-refractivity contribution in [1.29, 1.82) is 0 Å². The van der Waals surface area contributed by atoms with Crippen LogP contribution in [-0.2, 0) is 0 Å². The third-order valence-electron chi connectivity index (χ3n) is 5.17. The van der Waals surface area contributed by atoms with Gasteiger partial charge < -0.3 is 14.5 Å². The van der Waals surface area contributed by atoms with Crippen LogP contribution in [0.1, 0.15) is 6.42 Å². The van der Waals surface area contributed by atoms with E-state index in [0.29, 0.717) is 23.2 Å². The van der Waals surface area contributed by atoms with Crippen molar-refractivity contribution < 1.29 is 4.74 Å². The number of piperazine rings is 1. The molecule has 0 bridgehead atoms.